The van der Waals surface area contributed by atoms with Crippen molar-refractivity contribution in [3.8, 4) is 11.8 Å². The maximum absolute atomic E-state index is 6.38. The molecule has 1 nitrogen and oxygen atoms in total. The fraction of sp³-hybridized carbons (Fsp3) is 0.474. The third-order valence-electron chi connectivity index (χ3n) is 3.53. The molecule has 0 N–H and O–H groups in total. The first kappa shape index (κ1) is 16.1. The van der Waals surface area contributed by atoms with Gasteiger partial charge in [0.1, 0.15) is 0 Å². The molecule has 1 aliphatic carbocycles. The second-order valence-corrected chi connectivity index (χ2v) is 11.1. The monoisotopic (exact) mass is 298 g/mol. The quantitative estimate of drug-likeness (QED) is 0.424. The Morgan fingerprint density at radius 2 is 1.90 bits per heavy atom. The van der Waals surface area contributed by atoms with Crippen LogP contribution in [0.3, 0.4) is 0 Å². The van der Waals surface area contributed by atoms with E-state index in [1.54, 1.807) is 0 Å². The molecule has 112 valence electrons. The first-order valence-electron chi connectivity index (χ1n) is 7.95. The number of allylic oxidation sites excluding steroid dienone is 1. The van der Waals surface area contributed by atoms with Gasteiger partial charge >= 0.3 is 0 Å². The van der Waals surface area contributed by atoms with Gasteiger partial charge in [-0.2, -0.15) is 0 Å². The predicted molar refractivity (Wildman–Crippen MR) is 92.7 cm³/mol. The lowest BCUT2D eigenvalue weighted by Gasteiger charge is -2.28. The number of hydrogen-bond donors (Lipinski definition) is 0. The van der Waals surface area contributed by atoms with Crippen LogP contribution in [0.2, 0.25) is 19.6 Å². The minimum absolute atomic E-state index is 0.202. The third-order valence-corrected chi connectivity index (χ3v) is 4.52. The normalized spacial score (nSPS) is 16.6. The van der Waals surface area contributed by atoms with Gasteiger partial charge in [-0.1, -0.05) is 36.1 Å². The van der Waals surface area contributed by atoms with E-state index in [2.05, 4.69) is 49.7 Å². The van der Waals surface area contributed by atoms with Gasteiger partial charge in [-0.15, -0.1) is 0 Å². The van der Waals surface area contributed by atoms with Crippen molar-refractivity contribution < 1.29 is 4.43 Å². The van der Waals surface area contributed by atoms with E-state index in [0.717, 1.165) is 12.0 Å². The van der Waals surface area contributed by atoms with Crippen LogP contribution in [0.1, 0.15) is 37.7 Å². The maximum atomic E-state index is 6.38. The Bertz CT molecular complexity index is 528. The molecule has 1 aromatic carbocycles. The minimum atomic E-state index is -1.54. The van der Waals surface area contributed by atoms with Gasteiger partial charge in [-0.25, -0.2) is 0 Å². The molecular weight excluding hydrogens is 272 g/mol. The van der Waals surface area contributed by atoms with Gasteiger partial charge in [0.05, 0.1) is 6.10 Å². The highest BCUT2D eigenvalue weighted by Gasteiger charge is 2.23. The standard InChI is InChI=1S/C19H26OSi/c1-21(2,3)20-19(18-14-8-5-9-15-18)16-10-13-17-11-6-4-7-12-17/h4,6-7,11-12,14,19H,5,8-9,15-16H2,1-3H3. The van der Waals surface area contributed by atoms with Gasteiger partial charge in [-0.05, 0) is 63.0 Å². The van der Waals surface area contributed by atoms with Crippen LogP contribution in [-0.2, 0) is 4.43 Å². The zero-order valence-electron chi connectivity index (χ0n) is 13.5. The Labute approximate surface area is 130 Å². The molecule has 2 rings (SSSR count). The molecule has 21 heavy (non-hydrogen) atoms. The van der Waals surface area contributed by atoms with Crippen LogP contribution < -0.4 is 0 Å². The summed E-state index contributed by atoms with van der Waals surface area (Å²) < 4.78 is 6.38. The summed E-state index contributed by atoms with van der Waals surface area (Å²) in [5.41, 5.74) is 2.56. The van der Waals surface area contributed by atoms with E-state index in [4.69, 9.17) is 4.43 Å². The second-order valence-electron chi connectivity index (χ2n) is 6.62. The van der Waals surface area contributed by atoms with E-state index < -0.39 is 8.32 Å². The first-order valence-corrected chi connectivity index (χ1v) is 11.4. The molecule has 0 fully saturated rings. The van der Waals surface area contributed by atoms with Crippen molar-refractivity contribution in [1.29, 1.82) is 0 Å². The van der Waals surface area contributed by atoms with E-state index in [-0.39, 0.29) is 6.10 Å². The molecule has 0 aliphatic heterocycles. The first-order chi connectivity index (χ1) is 10.0. The number of benzene rings is 1. The molecule has 1 unspecified atom stereocenters. The van der Waals surface area contributed by atoms with Crippen LogP contribution in [-0.4, -0.2) is 14.4 Å². The second kappa shape index (κ2) is 7.63. The zero-order chi connectivity index (χ0) is 15.1. The molecule has 0 saturated heterocycles. The van der Waals surface area contributed by atoms with Crippen LogP contribution in [0, 0.1) is 11.8 Å². The Balaban J connectivity index is 2.05. The van der Waals surface area contributed by atoms with Crippen LogP contribution in [0.5, 0.6) is 0 Å². The number of hydrogen-bond acceptors (Lipinski definition) is 1. The lowest BCUT2D eigenvalue weighted by molar-refractivity contribution is 0.228. The van der Waals surface area contributed by atoms with Gasteiger partial charge in [0.2, 0.25) is 0 Å². The molecule has 0 saturated carbocycles. The van der Waals surface area contributed by atoms with Crippen LogP contribution in [0.4, 0.5) is 0 Å². The van der Waals surface area contributed by atoms with E-state index in [0.29, 0.717) is 0 Å². The highest BCUT2D eigenvalue weighted by atomic mass is 28.4. The molecule has 0 bridgehead atoms. The molecule has 0 amide bonds. The highest BCUT2D eigenvalue weighted by Crippen LogP contribution is 2.26. The fourth-order valence-electron chi connectivity index (χ4n) is 2.60. The largest absolute Gasteiger partial charge is 0.410 e. The van der Waals surface area contributed by atoms with Crippen molar-refractivity contribution in [2.24, 2.45) is 0 Å². The molecule has 1 aromatic rings. The Hall–Kier alpha value is -1.30. The Morgan fingerprint density at radius 1 is 1.14 bits per heavy atom. The summed E-state index contributed by atoms with van der Waals surface area (Å²) in [5, 5.41) is 0. The molecular formula is C19H26OSi. The molecule has 2 heteroatoms. The van der Waals surface area contributed by atoms with Crippen LogP contribution >= 0.6 is 0 Å². The van der Waals surface area contributed by atoms with E-state index in [1.807, 2.05) is 18.2 Å². The Kier molecular flexibility index (Phi) is 5.84. The molecule has 1 atom stereocenters. The van der Waals surface area contributed by atoms with Crippen molar-refractivity contribution in [1.82, 2.24) is 0 Å². The SMILES string of the molecule is C[Si](C)(C)OC(CC#Cc1ccccc1)C1=CCCCC1. The van der Waals surface area contributed by atoms with Gasteiger partial charge in [-0.3, -0.25) is 0 Å². The summed E-state index contributed by atoms with van der Waals surface area (Å²) in [5.74, 6) is 6.59. The lowest BCUT2D eigenvalue weighted by Crippen LogP contribution is -2.33. The lowest BCUT2D eigenvalue weighted by atomic mass is 9.94. The molecule has 1 aliphatic rings. The van der Waals surface area contributed by atoms with Crippen LogP contribution in [0.15, 0.2) is 42.0 Å². The maximum Gasteiger partial charge on any atom is 0.184 e. The van der Waals surface area contributed by atoms with Crippen molar-refractivity contribution in [2.75, 3.05) is 0 Å². The van der Waals surface area contributed by atoms with Crippen LogP contribution in [0.25, 0.3) is 0 Å². The Morgan fingerprint density at radius 3 is 2.52 bits per heavy atom. The summed E-state index contributed by atoms with van der Waals surface area (Å²) in [4.78, 5) is 0. The van der Waals surface area contributed by atoms with E-state index >= 15 is 0 Å². The summed E-state index contributed by atoms with van der Waals surface area (Å²) in [7, 11) is -1.54. The summed E-state index contributed by atoms with van der Waals surface area (Å²) in [6.07, 6.45) is 8.40. The van der Waals surface area contributed by atoms with Crippen molar-refractivity contribution in [2.45, 2.75) is 57.8 Å². The molecule has 0 aromatic heterocycles. The van der Waals surface area contributed by atoms with Gasteiger partial charge < -0.3 is 4.43 Å². The average molecular weight is 299 g/mol. The molecule has 0 heterocycles. The molecule has 0 spiro atoms. The minimum Gasteiger partial charge on any atom is -0.410 e. The third kappa shape index (κ3) is 5.91. The predicted octanol–water partition coefficient (Wildman–Crippen LogP) is 5.15. The summed E-state index contributed by atoms with van der Waals surface area (Å²) in [6.45, 7) is 6.77. The summed E-state index contributed by atoms with van der Waals surface area (Å²) >= 11 is 0. The van der Waals surface area contributed by atoms with Crippen molar-refractivity contribution in [3.05, 3.63) is 47.5 Å². The topological polar surface area (TPSA) is 9.23 Å². The highest BCUT2D eigenvalue weighted by molar-refractivity contribution is 6.69. The van der Waals surface area contributed by atoms with E-state index in [1.165, 1.54) is 31.3 Å². The van der Waals surface area contributed by atoms with Crippen molar-refractivity contribution >= 4 is 8.32 Å². The fourth-order valence-corrected chi connectivity index (χ4v) is 3.69. The average Bonchev–Trinajstić information content (AvgIpc) is 2.47. The zero-order valence-corrected chi connectivity index (χ0v) is 14.5. The van der Waals surface area contributed by atoms with Gasteiger partial charge in [0, 0.05) is 12.0 Å². The smallest absolute Gasteiger partial charge is 0.184 e. The van der Waals surface area contributed by atoms with E-state index in [9.17, 15) is 0 Å². The molecule has 0 radical (unpaired) electrons. The number of rotatable bonds is 4. The summed E-state index contributed by atoms with van der Waals surface area (Å²) in [6, 6.07) is 10.2. The van der Waals surface area contributed by atoms with Gasteiger partial charge in [0.25, 0.3) is 0 Å². The van der Waals surface area contributed by atoms with Gasteiger partial charge in [0.15, 0.2) is 8.32 Å². The van der Waals surface area contributed by atoms with Crippen molar-refractivity contribution in [3.63, 3.8) is 0 Å².